The van der Waals surface area contributed by atoms with Crippen LogP contribution in [-0.4, -0.2) is 47.8 Å². The summed E-state index contributed by atoms with van der Waals surface area (Å²) in [6, 6.07) is 11.4. The summed E-state index contributed by atoms with van der Waals surface area (Å²) in [4.78, 5) is 29.9. The van der Waals surface area contributed by atoms with Crippen LogP contribution in [0, 0.1) is 5.41 Å². The van der Waals surface area contributed by atoms with Crippen LogP contribution in [0.15, 0.2) is 36.4 Å². The second kappa shape index (κ2) is 7.00. The highest BCUT2D eigenvalue weighted by atomic mass is 16.2. The minimum absolute atomic E-state index is 0.143. The van der Waals surface area contributed by atoms with Crippen LogP contribution in [0.5, 0.6) is 0 Å². The van der Waals surface area contributed by atoms with Crippen molar-refractivity contribution in [1.82, 2.24) is 9.80 Å². The van der Waals surface area contributed by atoms with Gasteiger partial charge >= 0.3 is 0 Å². The summed E-state index contributed by atoms with van der Waals surface area (Å²) >= 11 is 0. The number of carbonyl (C=O) groups excluding carboxylic acids is 2. The normalized spacial score (nSPS) is 22.2. The van der Waals surface area contributed by atoms with Crippen LogP contribution in [0.3, 0.4) is 0 Å². The van der Waals surface area contributed by atoms with E-state index in [9.17, 15) is 9.59 Å². The number of hydrogen-bond donors (Lipinski definition) is 0. The van der Waals surface area contributed by atoms with E-state index in [2.05, 4.69) is 4.90 Å². The zero-order chi connectivity index (χ0) is 19.1. The monoisotopic (exact) mass is 376 g/mol. The number of rotatable bonds is 3. The van der Waals surface area contributed by atoms with Crippen molar-refractivity contribution < 1.29 is 9.59 Å². The molecule has 1 spiro atoms. The van der Waals surface area contributed by atoms with Crippen LogP contribution in [0.2, 0.25) is 0 Å². The van der Waals surface area contributed by atoms with E-state index >= 15 is 0 Å². The van der Waals surface area contributed by atoms with Crippen LogP contribution in [0.4, 0.5) is 0 Å². The number of carbonyl (C=O) groups is 2. The largest absolute Gasteiger partial charge is 0.302 e. The van der Waals surface area contributed by atoms with Gasteiger partial charge in [0.25, 0.3) is 11.8 Å². The van der Waals surface area contributed by atoms with E-state index < -0.39 is 0 Å². The third kappa shape index (κ3) is 2.95. The zero-order valence-electron chi connectivity index (χ0n) is 16.5. The SMILES string of the molecule is O=C1c2cccc3cccc(c23)C(=O)N1CCN1CCC2(CCCCC2)CC1. The highest BCUT2D eigenvalue weighted by Gasteiger charge is 2.36. The summed E-state index contributed by atoms with van der Waals surface area (Å²) in [5.74, 6) is -0.287. The molecule has 5 rings (SSSR count). The Hall–Kier alpha value is -2.20. The number of hydrogen-bond acceptors (Lipinski definition) is 3. The summed E-state index contributed by atoms with van der Waals surface area (Å²) in [7, 11) is 0. The van der Waals surface area contributed by atoms with Gasteiger partial charge in [0.1, 0.15) is 0 Å². The molecule has 2 heterocycles. The summed E-state index contributed by atoms with van der Waals surface area (Å²) in [6.45, 7) is 3.46. The number of piperidine rings is 1. The van der Waals surface area contributed by atoms with Crippen LogP contribution in [0.1, 0.15) is 65.7 Å². The molecule has 1 saturated heterocycles. The number of likely N-dealkylation sites (tertiary alicyclic amines) is 1. The number of amides is 2. The van der Waals surface area contributed by atoms with E-state index in [0.717, 1.165) is 30.4 Å². The zero-order valence-corrected chi connectivity index (χ0v) is 16.5. The van der Waals surface area contributed by atoms with Gasteiger partial charge in [-0.15, -0.1) is 0 Å². The Morgan fingerprint density at radius 2 is 1.36 bits per heavy atom. The first kappa shape index (κ1) is 17.9. The highest BCUT2D eigenvalue weighted by molar-refractivity contribution is 6.25. The molecule has 2 fully saturated rings. The maximum atomic E-state index is 13.0. The second-order valence-electron chi connectivity index (χ2n) is 8.87. The minimum Gasteiger partial charge on any atom is -0.302 e. The lowest BCUT2D eigenvalue weighted by molar-refractivity contribution is 0.0495. The maximum Gasteiger partial charge on any atom is 0.261 e. The van der Waals surface area contributed by atoms with E-state index in [-0.39, 0.29) is 11.8 Å². The molecule has 1 aliphatic carbocycles. The predicted molar refractivity (Wildman–Crippen MR) is 111 cm³/mol. The summed E-state index contributed by atoms with van der Waals surface area (Å²) in [6.07, 6.45) is 9.52. The molecule has 0 unspecified atom stereocenters. The molecular weight excluding hydrogens is 348 g/mol. The van der Waals surface area contributed by atoms with Crippen LogP contribution < -0.4 is 0 Å². The minimum atomic E-state index is -0.143. The molecule has 0 radical (unpaired) electrons. The molecule has 146 valence electrons. The Kier molecular flexibility index (Phi) is 4.47. The van der Waals surface area contributed by atoms with Gasteiger partial charge in [-0.1, -0.05) is 43.5 Å². The lowest BCUT2D eigenvalue weighted by Gasteiger charge is -2.44. The average molecular weight is 377 g/mol. The second-order valence-corrected chi connectivity index (χ2v) is 8.87. The first-order valence-electron chi connectivity index (χ1n) is 10.8. The van der Waals surface area contributed by atoms with E-state index in [4.69, 9.17) is 0 Å². The van der Waals surface area contributed by atoms with Crippen molar-refractivity contribution in [2.75, 3.05) is 26.2 Å². The fraction of sp³-hybridized carbons (Fsp3) is 0.500. The maximum absolute atomic E-state index is 13.0. The molecule has 1 saturated carbocycles. The van der Waals surface area contributed by atoms with Gasteiger partial charge in [-0.05, 0) is 61.7 Å². The molecule has 2 aromatic carbocycles. The Morgan fingerprint density at radius 1 is 0.750 bits per heavy atom. The van der Waals surface area contributed by atoms with Crippen molar-refractivity contribution in [3.63, 3.8) is 0 Å². The van der Waals surface area contributed by atoms with Crippen LogP contribution >= 0.6 is 0 Å². The van der Waals surface area contributed by atoms with E-state index in [1.165, 1.54) is 49.8 Å². The number of nitrogens with zero attached hydrogens (tertiary/aromatic N) is 2. The molecule has 2 amide bonds. The topological polar surface area (TPSA) is 40.6 Å². The molecule has 4 heteroatoms. The third-order valence-electron chi connectivity index (χ3n) is 7.33. The van der Waals surface area contributed by atoms with Crippen molar-refractivity contribution >= 4 is 22.6 Å². The van der Waals surface area contributed by atoms with Gasteiger partial charge in [0.05, 0.1) is 0 Å². The standard InChI is InChI=1S/C24H28N2O2/c27-22-19-8-4-6-18-7-5-9-20(21(18)19)23(28)26(22)17-16-25-14-12-24(13-15-25)10-2-1-3-11-24/h4-9H,1-3,10-17H2. The number of benzene rings is 2. The summed E-state index contributed by atoms with van der Waals surface area (Å²) < 4.78 is 0. The van der Waals surface area contributed by atoms with E-state index in [1.807, 2.05) is 36.4 Å². The molecule has 3 aliphatic rings. The van der Waals surface area contributed by atoms with Crippen LogP contribution in [-0.2, 0) is 0 Å². The lowest BCUT2D eigenvalue weighted by Crippen LogP contribution is -2.47. The first-order chi connectivity index (χ1) is 13.7. The average Bonchev–Trinajstić information content (AvgIpc) is 2.74. The molecule has 0 atom stereocenters. The van der Waals surface area contributed by atoms with Gasteiger partial charge in [0.2, 0.25) is 0 Å². The Balaban J connectivity index is 1.28. The molecule has 28 heavy (non-hydrogen) atoms. The molecule has 0 aromatic heterocycles. The van der Waals surface area contributed by atoms with Gasteiger partial charge in [-0.2, -0.15) is 0 Å². The van der Waals surface area contributed by atoms with E-state index in [1.54, 1.807) is 0 Å². The Bertz CT molecular complexity index is 869. The van der Waals surface area contributed by atoms with Gasteiger partial charge < -0.3 is 4.90 Å². The lowest BCUT2D eigenvalue weighted by atomic mass is 9.68. The van der Waals surface area contributed by atoms with Crippen molar-refractivity contribution in [3.05, 3.63) is 47.5 Å². The molecule has 0 bridgehead atoms. The molecule has 2 aromatic rings. The first-order valence-corrected chi connectivity index (χ1v) is 10.8. The highest BCUT2D eigenvalue weighted by Crippen LogP contribution is 2.44. The van der Waals surface area contributed by atoms with Gasteiger partial charge in [0, 0.05) is 29.6 Å². The van der Waals surface area contributed by atoms with Crippen molar-refractivity contribution in [2.45, 2.75) is 44.9 Å². The van der Waals surface area contributed by atoms with Gasteiger partial charge in [-0.3, -0.25) is 14.5 Å². The number of imide groups is 1. The van der Waals surface area contributed by atoms with Crippen LogP contribution in [0.25, 0.3) is 10.8 Å². The van der Waals surface area contributed by atoms with Crippen molar-refractivity contribution in [2.24, 2.45) is 5.41 Å². The van der Waals surface area contributed by atoms with Crippen molar-refractivity contribution in [1.29, 1.82) is 0 Å². The Labute approximate surface area is 166 Å². The predicted octanol–water partition coefficient (Wildman–Crippen LogP) is 4.48. The fourth-order valence-corrected chi connectivity index (χ4v) is 5.58. The molecule has 0 N–H and O–H groups in total. The summed E-state index contributed by atoms with van der Waals surface area (Å²) in [5, 5.41) is 1.78. The molecule has 4 nitrogen and oxygen atoms in total. The smallest absolute Gasteiger partial charge is 0.261 e. The van der Waals surface area contributed by atoms with Crippen molar-refractivity contribution in [3.8, 4) is 0 Å². The third-order valence-corrected chi connectivity index (χ3v) is 7.33. The van der Waals surface area contributed by atoms with Gasteiger partial charge in [-0.25, -0.2) is 0 Å². The summed E-state index contributed by atoms with van der Waals surface area (Å²) in [5.41, 5.74) is 1.90. The molecule has 2 aliphatic heterocycles. The molecular formula is C24H28N2O2. The quantitative estimate of drug-likeness (QED) is 0.742. The Morgan fingerprint density at radius 3 is 1.96 bits per heavy atom. The van der Waals surface area contributed by atoms with E-state index in [0.29, 0.717) is 23.1 Å². The fourth-order valence-electron chi connectivity index (χ4n) is 5.58. The van der Waals surface area contributed by atoms with Gasteiger partial charge in [0.15, 0.2) is 0 Å².